The Balaban J connectivity index is 2.06. The number of nitrogens with zero attached hydrogens (tertiary/aromatic N) is 3. The molecular weight excluding hydrogens is 538 g/mol. The van der Waals surface area contributed by atoms with E-state index in [0.29, 0.717) is 28.0 Å². The van der Waals surface area contributed by atoms with E-state index in [2.05, 4.69) is 21.0 Å². The summed E-state index contributed by atoms with van der Waals surface area (Å²) in [6.07, 6.45) is 0.617. The van der Waals surface area contributed by atoms with Gasteiger partial charge in [0.1, 0.15) is 5.82 Å². The Labute approximate surface area is 217 Å². The lowest BCUT2D eigenvalue weighted by atomic mass is 9.95. The van der Waals surface area contributed by atoms with E-state index >= 15 is 0 Å². The molecule has 186 valence electrons. The number of hydrogen-bond donors (Lipinski definition) is 0. The van der Waals surface area contributed by atoms with Crippen LogP contribution in [-0.2, 0) is 14.9 Å². The van der Waals surface area contributed by atoms with Crippen LogP contribution in [0.1, 0.15) is 46.0 Å². The molecule has 0 aliphatic carbocycles. The molecule has 0 bridgehead atoms. The highest BCUT2D eigenvalue weighted by Gasteiger charge is 2.23. The van der Waals surface area contributed by atoms with Crippen molar-refractivity contribution in [3.63, 3.8) is 0 Å². The number of fused-ring (bicyclic) bond motifs is 1. The van der Waals surface area contributed by atoms with Crippen LogP contribution in [0.25, 0.3) is 10.9 Å². The molecule has 0 radical (unpaired) electrons. The molecule has 10 heteroatoms. The standard InChI is InChI=1S/C25H27BrClN3O5/c1-7-34-23(32)14(2)35-21-18(27)10-15(11-20(21)33-6)13-28-30-22(31)17-12-16(26)8-9-19(17)29-24(30)25(3,4)5/h8-14H,7H2,1-6H3/t14-/m1/s1. The molecule has 8 nitrogen and oxygen atoms in total. The topological polar surface area (TPSA) is 92.0 Å². The second-order valence-corrected chi connectivity index (χ2v) is 10.1. The number of benzene rings is 2. The summed E-state index contributed by atoms with van der Waals surface area (Å²) >= 11 is 9.85. The van der Waals surface area contributed by atoms with Crippen LogP contribution in [-0.4, -0.2) is 41.7 Å². The molecule has 1 aromatic heterocycles. The predicted molar refractivity (Wildman–Crippen MR) is 140 cm³/mol. The Morgan fingerprint density at radius 2 is 2.00 bits per heavy atom. The number of carbonyl (C=O) groups is 1. The van der Waals surface area contributed by atoms with Crippen molar-refractivity contribution in [1.82, 2.24) is 9.66 Å². The first-order valence-corrected chi connectivity index (χ1v) is 12.1. The maximum atomic E-state index is 13.3. The third-order valence-electron chi connectivity index (χ3n) is 4.97. The highest BCUT2D eigenvalue weighted by molar-refractivity contribution is 9.10. The molecule has 0 spiro atoms. The lowest BCUT2D eigenvalue weighted by Crippen LogP contribution is -2.29. The smallest absolute Gasteiger partial charge is 0.347 e. The van der Waals surface area contributed by atoms with Crippen molar-refractivity contribution in [2.45, 2.75) is 46.1 Å². The quantitative estimate of drug-likeness (QED) is 0.284. The van der Waals surface area contributed by atoms with Crippen molar-refractivity contribution in [3.05, 3.63) is 61.6 Å². The molecule has 0 unspecified atom stereocenters. The van der Waals surface area contributed by atoms with Gasteiger partial charge in [0.2, 0.25) is 0 Å². The Morgan fingerprint density at radius 3 is 2.63 bits per heavy atom. The average molecular weight is 565 g/mol. The molecule has 0 fully saturated rings. The Bertz CT molecular complexity index is 1350. The molecule has 3 aromatic rings. The zero-order valence-electron chi connectivity index (χ0n) is 20.4. The number of carbonyl (C=O) groups excluding carboxylic acids is 1. The zero-order chi connectivity index (χ0) is 25.9. The van der Waals surface area contributed by atoms with Crippen LogP contribution in [0.5, 0.6) is 11.5 Å². The van der Waals surface area contributed by atoms with Crippen molar-refractivity contribution in [3.8, 4) is 11.5 Å². The molecule has 2 aromatic carbocycles. The van der Waals surface area contributed by atoms with Crippen LogP contribution >= 0.6 is 27.5 Å². The molecule has 0 amide bonds. The normalized spacial score (nSPS) is 12.7. The summed E-state index contributed by atoms with van der Waals surface area (Å²) in [4.78, 5) is 30.0. The predicted octanol–water partition coefficient (Wildman–Crippen LogP) is 5.33. The first-order chi connectivity index (χ1) is 16.5. The van der Waals surface area contributed by atoms with Crippen molar-refractivity contribution in [2.24, 2.45) is 5.10 Å². The summed E-state index contributed by atoms with van der Waals surface area (Å²) in [5.41, 5.74) is 0.410. The molecule has 1 atom stereocenters. The molecular formula is C25H27BrClN3O5. The second kappa shape index (κ2) is 10.8. The number of rotatable bonds is 7. The molecule has 1 heterocycles. The summed E-state index contributed by atoms with van der Waals surface area (Å²) in [5.74, 6) is 0.506. The summed E-state index contributed by atoms with van der Waals surface area (Å²) < 4.78 is 18.2. The van der Waals surface area contributed by atoms with Crippen molar-refractivity contribution in [2.75, 3.05) is 13.7 Å². The number of ether oxygens (including phenoxy) is 3. The summed E-state index contributed by atoms with van der Waals surface area (Å²) in [6, 6.07) is 8.61. The Kier molecular flexibility index (Phi) is 8.22. The van der Waals surface area contributed by atoms with Crippen molar-refractivity contribution < 1.29 is 19.0 Å². The average Bonchev–Trinajstić information content (AvgIpc) is 2.79. The van der Waals surface area contributed by atoms with Crippen LogP contribution in [0.15, 0.2) is 44.7 Å². The summed E-state index contributed by atoms with van der Waals surface area (Å²) in [5, 5.41) is 5.11. The van der Waals surface area contributed by atoms with Crippen LogP contribution in [0.3, 0.4) is 0 Å². The van der Waals surface area contributed by atoms with Gasteiger partial charge in [-0.15, -0.1) is 0 Å². The molecule has 3 rings (SSSR count). The highest BCUT2D eigenvalue weighted by atomic mass is 79.9. The van der Waals surface area contributed by atoms with Crippen molar-refractivity contribution in [1.29, 1.82) is 0 Å². The maximum Gasteiger partial charge on any atom is 0.347 e. The Morgan fingerprint density at radius 1 is 1.29 bits per heavy atom. The first-order valence-electron chi connectivity index (χ1n) is 10.9. The summed E-state index contributed by atoms with van der Waals surface area (Å²) in [6.45, 7) is 9.40. The summed E-state index contributed by atoms with van der Waals surface area (Å²) in [7, 11) is 1.46. The van der Waals surface area contributed by atoms with Gasteiger partial charge in [-0.3, -0.25) is 4.79 Å². The zero-order valence-corrected chi connectivity index (χ0v) is 22.7. The van der Waals surface area contributed by atoms with Crippen LogP contribution < -0.4 is 15.0 Å². The molecule has 0 saturated heterocycles. The van der Waals surface area contributed by atoms with E-state index in [1.165, 1.54) is 18.0 Å². The molecule has 0 aliphatic rings. The molecule has 35 heavy (non-hydrogen) atoms. The molecule has 0 saturated carbocycles. The number of esters is 1. The lowest BCUT2D eigenvalue weighted by Gasteiger charge is -2.21. The van der Waals surface area contributed by atoms with Gasteiger partial charge in [-0.05, 0) is 49.7 Å². The lowest BCUT2D eigenvalue weighted by molar-refractivity contribution is -0.150. The fourth-order valence-electron chi connectivity index (χ4n) is 3.28. The molecule has 0 N–H and O–H groups in total. The van der Waals surface area contributed by atoms with E-state index in [-0.39, 0.29) is 22.9 Å². The van der Waals surface area contributed by atoms with E-state index in [1.54, 1.807) is 38.1 Å². The fraction of sp³-hybridized carbons (Fsp3) is 0.360. The van der Waals surface area contributed by atoms with E-state index in [4.69, 9.17) is 30.8 Å². The largest absolute Gasteiger partial charge is 0.493 e. The monoisotopic (exact) mass is 563 g/mol. The van der Waals surface area contributed by atoms with Gasteiger partial charge < -0.3 is 14.2 Å². The van der Waals surface area contributed by atoms with Crippen LogP contribution in [0.2, 0.25) is 5.02 Å². The minimum absolute atomic E-state index is 0.205. The van der Waals surface area contributed by atoms with Gasteiger partial charge in [-0.25, -0.2) is 9.78 Å². The fourth-order valence-corrected chi connectivity index (χ4v) is 3.90. The Hall–Kier alpha value is -2.91. The SMILES string of the molecule is CCOC(=O)[C@@H](C)Oc1c(Cl)cc(C=Nn2c(C(C)(C)C)nc3ccc(Br)cc3c2=O)cc1OC. The maximum absolute atomic E-state index is 13.3. The third-order valence-corrected chi connectivity index (χ3v) is 5.74. The molecule has 0 aliphatic heterocycles. The van der Waals surface area contributed by atoms with Gasteiger partial charge >= 0.3 is 5.97 Å². The van der Waals surface area contributed by atoms with Gasteiger partial charge in [0.25, 0.3) is 5.56 Å². The first kappa shape index (κ1) is 26.7. The van der Waals surface area contributed by atoms with Gasteiger partial charge in [0.05, 0.1) is 35.9 Å². The van der Waals surface area contributed by atoms with E-state index < -0.39 is 17.5 Å². The number of aromatic nitrogens is 2. The van der Waals surface area contributed by atoms with Gasteiger partial charge in [0.15, 0.2) is 17.6 Å². The highest BCUT2D eigenvalue weighted by Crippen LogP contribution is 2.37. The van der Waals surface area contributed by atoms with Crippen LogP contribution in [0, 0.1) is 0 Å². The third kappa shape index (κ3) is 6.02. The van der Waals surface area contributed by atoms with Crippen LogP contribution in [0.4, 0.5) is 0 Å². The van der Waals surface area contributed by atoms with Gasteiger partial charge in [-0.1, -0.05) is 48.3 Å². The minimum Gasteiger partial charge on any atom is -0.493 e. The number of halogens is 2. The number of methoxy groups -OCH3 is 1. The van der Waals surface area contributed by atoms with Gasteiger partial charge in [-0.2, -0.15) is 9.78 Å². The van der Waals surface area contributed by atoms with E-state index in [1.807, 2.05) is 26.8 Å². The number of hydrogen-bond acceptors (Lipinski definition) is 7. The van der Waals surface area contributed by atoms with E-state index in [9.17, 15) is 9.59 Å². The van der Waals surface area contributed by atoms with Gasteiger partial charge in [0, 0.05) is 9.89 Å². The van der Waals surface area contributed by atoms with E-state index in [0.717, 1.165) is 4.47 Å². The van der Waals surface area contributed by atoms with Crippen molar-refractivity contribution >= 4 is 50.6 Å². The second-order valence-electron chi connectivity index (χ2n) is 8.75. The minimum atomic E-state index is -0.878.